The van der Waals surface area contributed by atoms with Crippen molar-refractivity contribution in [2.75, 3.05) is 19.7 Å². The van der Waals surface area contributed by atoms with E-state index in [4.69, 9.17) is 4.74 Å². The highest BCUT2D eigenvalue weighted by atomic mass is 19.3. The molecule has 5 nitrogen and oxygen atoms in total. The van der Waals surface area contributed by atoms with Crippen LogP contribution in [0, 0.1) is 6.92 Å². The molecular formula is C18H22F2N2O3. The second kappa shape index (κ2) is 7.63. The Bertz CT molecular complexity index is 676. The standard InChI is InChI=1S/C18H22F2N2O3/c1-4-16(23)21-15-11-22(7-6-18(15,19)20)17(24)13-8-12(3)9-14(10-13)25-5-2/h4,8-10,15H,1,5-7,11H2,2-3H3,(H,21,23). The lowest BCUT2D eigenvalue weighted by atomic mass is 9.99. The lowest BCUT2D eigenvalue weighted by molar-refractivity contribution is -0.124. The molecule has 1 heterocycles. The summed E-state index contributed by atoms with van der Waals surface area (Å²) >= 11 is 0. The molecule has 1 atom stereocenters. The molecule has 1 saturated heterocycles. The minimum atomic E-state index is -3.07. The number of rotatable bonds is 5. The number of likely N-dealkylation sites (tertiary alicyclic amines) is 1. The monoisotopic (exact) mass is 352 g/mol. The Hall–Kier alpha value is -2.44. The number of halogens is 2. The van der Waals surface area contributed by atoms with Crippen molar-refractivity contribution in [1.29, 1.82) is 0 Å². The van der Waals surface area contributed by atoms with Crippen LogP contribution in [-0.4, -0.2) is 48.4 Å². The highest BCUT2D eigenvalue weighted by Gasteiger charge is 2.45. The minimum absolute atomic E-state index is 0.0792. The normalized spacial score (nSPS) is 19.2. The zero-order valence-corrected chi connectivity index (χ0v) is 14.4. The van der Waals surface area contributed by atoms with Crippen molar-refractivity contribution >= 4 is 11.8 Å². The van der Waals surface area contributed by atoms with Crippen molar-refractivity contribution in [2.45, 2.75) is 32.2 Å². The minimum Gasteiger partial charge on any atom is -0.494 e. The van der Waals surface area contributed by atoms with Gasteiger partial charge in [0, 0.05) is 25.1 Å². The van der Waals surface area contributed by atoms with Gasteiger partial charge in [0.25, 0.3) is 11.8 Å². The third-order valence-electron chi connectivity index (χ3n) is 4.03. The number of amides is 2. The van der Waals surface area contributed by atoms with Crippen LogP contribution in [0.25, 0.3) is 0 Å². The van der Waals surface area contributed by atoms with Crippen LogP contribution < -0.4 is 10.1 Å². The predicted octanol–water partition coefficient (Wildman–Crippen LogP) is 2.55. The van der Waals surface area contributed by atoms with Crippen LogP contribution in [-0.2, 0) is 4.79 Å². The van der Waals surface area contributed by atoms with Crippen LogP contribution in [0.15, 0.2) is 30.9 Å². The fourth-order valence-electron chi connectivity index (χ4n) is 2.77. The van der Waals surface area contributed by atoms with E-state index in [-0.39, 0.29) is 19.0 Å². The Morgan fingerprint density at radius 1 is 1.44 bits per heavy atom. The summed E-state index contributed by atoms with van der Waals surface area (Å²) in [5.41, 5.74) is 1.22. The molecule has 1 N–H and O–H groups in total. The molecular weight excluding hydrogens is 330 g/mol. The number of ether oxygens (including phenoxy) is 1. The van der Waals surface area contributed by atoms with Crippen LogP contribution in [0.4, 0.5) is 8.78 Å². The van der Waals surface area contributed by atoms with Gasteiger partial charge in [0.05, 0.1) is 6.61 Å². The SMILES string of the molecule is C=CC(=O)NC1CN(C(=O)c2cc(C)cc(OCC)c2)CCC1(F)F. The highest BCUT2D eigenvalue weighted by molar-refractivity contribution is 5.95. The Balaban J connectivity index is 2.19. The number of nitrogens with zero attached hydrogens (tertiary/aromatic N) is 1. The third-order valence-corrected chi connectivity index (χ3v) is 4.03. The number of carbonyl (C=O) groups is 2. The highest BCUT2D eigenvalue weighted by Crippen LogP contribution is 2.29. The molecule has 1 aromatic rings. The number of piperidine rings is 1. The number of aryl methyl sites for hydroxylation is 1. The smallest absolute Gasteiger partial charge is 0.271 e. The Morgan fingerprint density at radius 3 is 2.80 bits per heavy atom. The molecule has 1 fully saturated rings. The lowest BCUT2D eigenvalue weighted by Crippen LogP contribution is -2.59. The van der Waals surface area contributed by atoms with Crippen LogP contribution in [0.1, 0.15) is 29.3 Å². The quantitative estimate of drug-likeness (QED) is 0.829. The number of nitrogens with one attached hydrogen (secondary N) is 1. The van der Waals surface area contributed by atoms with Crippen LogP contribution >= 0.6 is 0 Å². The molecule has 1 aliphatic rings. The maximum atomic E-state index is 14.0. The largest absolute Gasteiger partial charge is 0.494 e. The van der Waals surface area contributed by atoms with Gasteiger partial charge in [-0.1, -0.05) is 6.58 Å². The molecule has 2 rings (SSSR count). The predicted molar refractivity (Wildman–Crippen MR) is 89.9 cm³/mol. The van der Waals surface area contributed by atoms with Gasteiger partial charge < -0.3 is 15.0 Å². The van der Waals surface area contributed by atoms with E-state index in [0.717, 1.165) is 11.6 Å². The number of carbonyl (C=O) groups excluding carboxylic acids is 2. The molecule has 0 saturated carbocycles. The zero-order valence-electron chi connectivity index (χ0n) is 14.4. The van der Waals surface area contributed by atoms with Crippen LogP contribution in [0.2, 0.25) is 0 Å². The van der Waals surface area contributed by atoms with E-state index in [9.17, 15) is 18.4 Å². The molecule has 0 bridgehead atoms. The van der Waals surface area contributed by atoms with Crippen molar-refractivity contribution in [3.05, 3.63) is 42.0 Å². The van der Waals surface area contributed by atoms with Crippen molar-refractivity contribution < 1.29 is 23.1 Å². The first-order valence-electron chi connectivity index (χ1n) is 8.11. The van der Waals surface area contributed by atoms with Crippen molar-refractivity contribution in [1.82, 2.24) is 10.2 Å². The fourth-order valence-corrected chi connectivity index (χ4v) is 2.77. The van der Waals surface area contributed by atoms with Gasteiger partial charge in [-0.2, -0.15) is 0 Å². The first kappa shape index (κ1) is 18.9. The van der Waals surface area contributed by atoms with E-state index < -0.39 is 24.3 Å². The van der Waals surface area contributed by atoms with E-state index in [1.807, 2.05) is 13.8 Å². The molecule has 2 amide bonds. The Labute approximate surface area is 145 Å². The van der Waals surface area contributed by atoms with E-state index in [1.54, 1.807) is 18.2 Å². The van der Waals surface area contributed by atoms with E-state index in [2.05, 4.69) is 11.9 Å². The third kappa shape index (κ3) is 4.55. The Kier molecular flexibility index (Phi) is 5.77. The van der Waals surface area contributed by atoms with Crippen molar-refractivity contribution in [2.24, 2.45) is 0 Å². The molecule has 1 aliphatic heterocycles. The van der Waals surface area contributed by atoms with Crippen LogP contribution in [0.3, 0.4) is 0 Å². The van der Waals surface area contributed by atoms with Gasteiger partial charge in [-0.15, -0.1) is 0 Å². The van der Waals surface area contributed by atoms with Gasteiger partial charge >= 0.3 is 0 Å². The second-order valence-corrected chi connectivity index (χ2v) is 6.00. The van der Waals surface area contributed by atoms with Gasteiger partial charge in [0.15, 0.2) is 0 Å². The molecule has 25 heavy (non-hydrogen) atoms. The molecule has 0 aromatic heterocycles. The topological polar surface area (TPSA) is 58.6 Å². The van der Waals surface area contributed by atoms with E-state index >= 15 is 0 Å². The number of alkyl halides is 2. The van der Waals surface area contributed by atoms with Gasteiger partial charge in [-0.25, -0.2) is 8.78 Å². The number of hydrogen-bond acceptors (Lipinski definition) is 3. The summed E-state index contributed by atoms with van der Waals surface area (Å²) in [6.45, 7) is 7.05. The summed E-state index contributed by atoms with van der Waals surface area (Å²) in [6.07, 6.45) is 0.427. The number of benzene rings is 1. The maximum Gasteiger partial charge on any atom is 0.271 e. The lowest BCUT2D eigenvalue weighted by Gasteiger charge is -2.38. The van der Waals surface area contributed by atoms with Gasteiger partial charge in [0.1, 0.15) is 11.8 Å². The average molecular weight is 352 g/mol. The maximum absolute atomic E-state index is 14.0. The van der Waals surface area contributed by atoms with Gasteiger partial charge in [-0.05, 0) is 43.7 Å². The van der Waals surface area contributed by atoms with E-state index in [0.29, 0.717) is 17.9 Å². The second-order valence-electron chi connectivity index (χ2n) is 6.00. The first-order chi connectivity index (χ1) is 11.8. The molecule has 0 radical (unpaired) electrons. The fraction of sp³-hybridized carbons (Fsp3) is 0.444. The Morgan fingerprint density at radius 2 is 2.16 bits per heavy atom. The van der Waals surface area contributed by atoms with Crippen LogP contribution in [0.5, 0.6) is 5.75 Å². The molecule has 1 unspecified atom stereocenters. The molecule has 7 heteroatoms. The zero-order chi connectivity index (χ0) is 18.6. The van der Waals surface area contributed by atoms with Gasteiger partial charge in [0.2, 0.25) is 5.91 Å². The van der Waals surface area contributed by atoms with Gasteiger partial charge in [-0.3, -0.25) is 9.59 Å². The molecule has 0 aliphatic carbocycles. The molecule has 1 aromatic carbocycles. The van der Waals surface area contributed by atoms with Crippen molar-refractivity contribution in [3.8, 4) is 5.75 Å². The summed E-state index contributed by atoms with van der Waals surface area (Å²) in [5.74, 6) is -3.56. The van der Waals surface area contributed by atoms with Crippen molar-refractivity contribution in [3.63, 3.8) is 0 Å². The van der Waals surface area contributed by atoms with E-state index in [1.165, 1.54) is 4.90 Å². The first-order valence-corrected chi connectivity index (χ1v) is 8.11. The summed E-state index contributed by atoms with van der Waals surface area (Å²) in [4.78, 5) is 25.4. The summed E-state index contributed by atoms with van der Waals surface area (Å²) < 4.78 is 33.5. The summed E-state index contributed by atoms with van der Waals surface area (Å²) in [5, 5.41) is 2.21. The average Bonchev–Trinajstić information content (AvgIpc) is 2.55. The summed E-state index contributed by atoms with van der Waals surface area (Å²) in [7, 11) is 0. The molecule has 0 spiro atoms. The summed E-state index contributed by atoms with van der Waals surface area (Å²) in [6, 6.07) is 3.65. The molecule has 136 valence electrons. The number of hydrogen-bond donors (Lipinski definition) is 1.